The predicted molar refractivity (Wildman–Crippen MR) is 102 cm³/mol. The van der Waals surface area contributed by atoms with Crippen LogP contribution >= 0.6 is 0 Å². The molecule has 0 bridgehead atoms. The Morgan fingerprint density at radius 2 is 1.68 bits per heavy atom. The van der Waals surface area contributed by atoms with Gasteiger partial charge in [-0.05, 0) is 37.3 Å². The van der Waals surface area contributed by atoms with Crippen molar-refractivity contribution in [1.82, 2.24) is 4.57 Å². The largest absolute Gasteiger partial charge is 0.461 e. The zero-order valence-corrected chi connectivity index (χ0v) is 16.5. The van der Waals surface area contributed by atoms with Crippen LogP contribution in [0.1, 0.15) is 51.8 Å². The molecule has 0 aliphatic carbocycles. The molecule has 0 unspecified atom stereocenters. The minimum Gasteiger partial charge on any atom is -0.461 e. The maximum Gasteiger partial charge on any atom is 0.313 e. The molecule has 0 saturated carbocycles. The lowest BCUT2D eigenvalue weighted by molar-refractivity contribution is -0.155. The summed E-state index contributed by atoms with van der Waals surface area (Å²) in [4.78, 5) is 12.9. The average Bonchev–Trinajstić information content (AvgIpc) is 2.84. The molecule has 2 aromatic rings. The van der Waals surface area contributed by atoms with Crippen LogP contribution in [0.3, 0.4) is 0 Å². The summed E-state index contributed by atoms with van der Waals surface area (Å²) in [7, 11) is 1.68. The molecule has 2 rings (SSSR count). The number of carbonyl (C=O) groups excluding carboxylic acids is 1. The zero-order valence-electron chi connectivity index (χ0n) is 16.5. The molecule has 0 aliphatic rings. The van der Waals surface area contributed by atoms with Crippen molar-refractivity contribution < 1.29 is 14.3 Å². The topological polar surface area (TPSA) is 40.5 Å². The summed E-state index contributed by atoms with van der Waals surface area (Å²) in [6.45, 7) is 12.8. The van der Waals surface area contributed by atoms with Crippen molar-refractivity contribution in [3.63, 3.8) is 0 Å². The number of ether oxygens (including phenoxy) is 2. The molecular weight excluding hydrogens is 314 g/mol. The summed E-state index contributed by atoms with van der Waals surface area (Å²) in [6, 6.07) is 8.14. The highest BCUT2D eigenvalue weighted by Gasteiger charge is 2.29. The SMILES string of the molecule is COCn1c(C)c([C@@H](C)C(=O)OC(C(C)C)C(C)C)c2ccccc21. The lowest BCUT2D eigenvalue weighted by Crippen LogP contribution is -2.30. The van der Waals surface area contributed by atoms with E-state index in [1.54, 1.807) is 7.11 Å². The van der Waals surface area contributed by atoms with Gasteiger partial charge < -0.3 is 14.0 Å². The summed E-state index contributed by atoms with van der Waals surface area (Å²) in [5, 5.41) is 1.09. The zero-order chi connectivity index (χ0) is 18.7. The average molecular weight is 345 g/mol. The number of esters is 1. The van der Waals surface area contributed by atoms with Crippen LogP contribution in [0.25, 0.3) is 10.9 Å². The number of nitrogens with zero attached hydrogens (tertiary/aromatic N) is 1. The third kappa shape index (κ3) is 3.90. The van der Waals surface area contributed by atoms with E-state index in [4.69, 9.17) is 9.47 Å². The third-order valence-electron chi connectivity index (χ3n) is 4.89. The van der Waals surface area contributed by atoms with Gasteiger partial charge in [0.2, 0.25) is 0 Å². The van der Waals surface area contributed by atoms with E-state index < -0.39 is 0 Å². The third-order valence-corrected chi connectivity index (χ3v) is 4.89. The fraction of sp³-hybridized carbons (Fsp3) is 0.571. The van der Waals surface area contributed by atoms with Gasteiger partial charge in [-0.1, -0.05) is 45.9 Å². The smallest absolute Gasteiger partial charge is 0.313 e. The Labute approximate surface area is 151 Å². The molecule has 4 nitrogen and oxygen atoms in total. The first-order valence-corrected chi connectivity index (χ1v) is 9.06. The van der Waals surface area contributed by atoms with Crippen LogP contribution in [-0.4, -0.2) is 23.8 Å². The molecule has 1 aromatic carbocycles. The van der Waals surface area contributed by atoms with E-state index in [9.17, 15) is 4.79 Å². The summed E-state index contributed by atoms with van der Waals surface area (Å²) in [6.07, 6.45) is -0.0671. The number of fused-ring (bicyclic) bond motifs is 1. The Kier molecular flexibility index (Phi) is 6.28. The van der Waals surface area contributed by atoms with Gasteiger partial charge in [-0.3, -0.25) is 4.79 Å². The molecule has 1 heterocycles. The van der Waals surface area contributed by atoms with Crippen LogP contribution in [0.5, 0.6) is 0 Å². The highest BCUT2D eigenvalue weighted by atomic mass is 16.5. The summed E-state index contributed by atoms with van der Waals surface area (Å²) in [5.41, 5.74) is 3.17. The maximum atomic E-state index is 12.9. The van der Waals surface area contributed by atoms with E-state index in [-0.39, 0.29) is 18.0 Å². The fourth-order valence-electron chi connectivity index (χ4n) is 3.70. The van der Waals surface area contributed by atoms with Crippen LogP contribution in [0.15, 0.2) is 24.3 Å². The van der Waals surface area contributed by atoms with Crippen LogP contribution in [0.4, 0.5) is 0 Å². The minimum absolute atomic E-state index is 0.0671. The summed E-state index contributed by atoms with van der Waals surface area (Å²) >= 11 is 0. The molecule has 4 heteroatoms. The van der Waals surface area contributed by atoms with Crippen LogP contribution < -0.4 is 0 Å². The van der Waals surface area contributed by atoms with Gasteiger partial charge in [-0.2, -0.15) is 0 Å². The molecule has 0 saturated heterocycles. The number of carbonyl (C=O) groups is 1. The number of hydrogen-bond acceptors (Lipinski definition) is 3. The van der Waals surface area contributed by atoms with Crippen LogP contribution in [0, 0.1) is 18.8 Å². The van der Waals surface area contributed by atoms with E-state index in [1.165, 1.54) is 0 Å². The van der Waals surface area contributed by atoms with Crippen molar-refractivity contribution in [2.45, 2.75) is 60.3 Å². The van der Waals surface area contributed by atoms with Crippen molar-refractivity contribution in [2.75, 3.05) is 7.11 Å². The Hall–Kier alpha value is -1.81. The fourth-order valence-corrected chi connectivity index (χ4v) is 3.70. The highest BCUT2D eigenvalue weighted by molar-refractivity contribution is 5.91. The van der Waals surface area contributed by atoms with Crippen molar-refractivity contribution in [1.29, 1.82) is 0 Å². The van der Waals surface area contributed by atoms with Gasteiger partial charge in [0, 0.05) is 18.2 Å². The van der Waals surface area contributed by atoms with Crippen molar-refractivity contribution in [2.24, 2.45) is 11.8 Å². The van der Waals surface area contributed by atoms with E-state index in [2.05, 4.69) is 44.4 Å². The first kappa shape index (κ1) is 19.5. The first-order valence-electron chi connectivity index (χ1n) is 9.06. The lowest BCUT2D eigenvalue weighted by Gasteiger charge is -2.26. The monoisotopic (exact) mass is 345 g/mol. The Morgan fingerprint density at radius 3 is 2.24 bits per heavy atom. The molecule has 0 radical (unpaired) electrons. The van der Waals surface area contributed by atoms with Gasteiger partial charge in [0.1, 0.15) is 12.8 Å². The van der Waals surface area contributed by atoms with E-state index >= 15 is 0 Å². The second-order valence-electron chi connectivity index (χ2n) is 7.47. The molecule has 0 amide bonds. The van der Waals surface area contributed by atoms with Gasteiger partial charge in [0.05, 0.1) is 11.4 Å². The molecule has 25 heavy (non-hydrogen) atoms. The van der Waals surface area contributed by atoms with Gasteiger partial charge in [0.15, 0.2) is 0 Å². The number of benzene rings is 1. The van der Waals surface area contributed by atoms with Crippen molar-refractivity contribution in [3.8, 4) is 0 Å². The molecule has 1 atom stereocenters. The van der Waals surface area contributed by atoms with Crippen LogP contribution in [-0.2, 0) is 21.0 Å². The predicted octanol–water partition coefficient (Wildman–Crippen LogP) is 4.88. The van der Waals surface area contributed by atoms with Gasteiger partial charge >= 0.3 is 5.97 Å². The lowest BCUT2D eigenvalue weighted by atomic mass is 9.95. The number of para-hydroxylation sites is 1. The second kappa shape index (κ2) is 8.05. The summed E-state index contributed by atoms with van der Waals surface area (Å²) in [5.74, 6) is 0.123. The van der Waals surface area contributed by atoms with Gasteiger partial charge in [-0.15, -0.1) is 0 Å². The molecule has 0 aliphatic heterocycles. The highest BCUT2D eigenvalue weighted by Crippen LogP contribution is 2.33. The Bertz CT molecular complexity index is 722. The number of rotatable bonds is 7. The number of methoxy groups -OCH3 is 1. The number of aromatic nitrogens is 1. The van der Waals surface area contributed by atoms with Crippen LogP contribution in [0.2, 0.25) is 0 Å². The quantitative estimate of drug-likeness (QED) is 0.671. The molecule has 138 valence electrons. The molecule has 1 aromatic heterocycles. The van der Waals surface area contributed by atoms with E-state index in [0.717, 1.165) is 22.2 Å². The molecule has 0 spiro atoms. The standard InChI is InChI=1S/C21H31NO3/c1-13(2)20(14(3)4)25-21(23)15(5)19-16(6)22(12-24-7)18-11-9-8-10-17(18)19/h8-11,13-15,20H,12H2,1-7H3/t15-/m1/s1. The number of hydrogen-bond donors (Lipinski definition) is 0. The van der Waals surface area contributed by atoms with E-state index in [0.29, 0.717) is 18.6 Å². The summed E-state index contributed by atoms with van der Waals surface area (Å²) < 4.78 is 13.3. The molecule has 0 fully saturated rings. The molecule has 0 N–H and O–H groups in total. The van der Waals surface area contributed by atoms with Crippen molar-refractivity contribution >= 4 is 16.9 Å². The minimum atomic E-state index is -0.317. The Balaban J connectivity index is 2.40. The van der Waals surface area contributed by atoms with Crippen molar-refractivity contribution in [3.05, 3.63) is 35.5 Å². The normalized spacial score (nSPS) is 13.2. The second-order valence-corrected chi connectivity index (χ2v) is 7.47. The van der Waals surface area contributed by atoms with Gasteiger partial charge in [-0.25, -0.2) is 0 Å². The molecular formula is C21H31NO3. The van der Waals surface area contributed by atoms with Gasteiger partial charge in [0.25, 0.3) is 0 Å². The van der Waals surface area contributed by atoms with E-state index in [1.807, 2.05) is 26.0 Å². The maximum absolute atomic E-state index is 12.9. The first-order chi connectivity index (χ1) is 11.8. The Morgan fingerprint density at radius 1 is 1.08 bits per heavy atom.